The van der Waals surface area contributed by atoms with Crippen molar-refractivity contribution in [3.63, 3.8) is 0 Å². The molecule has 118 valence electrons. The molecule has 2 aromatic carbocycles. The number of ether oxygens (including phenoxy) is 1. The second-order valence-electron chi connectivity index (χ2n) is 4.88. The Labute approximate surface area is 147 Å². The first kappa shape index (κ1) is 16.2. The number of thioether (sulfide) groups is 1. The molecule has 0 bridgehead atoms. The Balaban J connectivity index is 1.73. The van der Waals surface area contributed by atoms with Gasteiger partial charge in [0.05, 0.1) is 5.02 Å². The van der Waals surface area contributed by atoms with E-state index < -0.39 is 5.25 Å². The van der Waals surface area contributed by atoms with Gasteiger partial charge >= 0.3 is 0 Å². The molecule has 1 aliphatic rings. The van der Waals surface area contributed by atoms with Crippen LogP contribution in [0, 0.1) is 0 Å². The number of rotatable bonds is 4. The van der Waals surface area contributed by atoms with Crippen molar-refractivity contribution in [2.45, 2.75) is 11.9 Å². The van der Waals surface area contributed by atoms with E-state index in [4.69, 9.17) is 27.9 Å². The van der Waals surface area contributed by atoms with Crippen LogP contribution in [0.3, 0.4) is 0 Å². The van der Waals surface area contributed by atoms with Crippen molar-refractivity contribution in [1.29, 1.82) is 0 Å². The van der Waals surface area contributed by atoms with Gasteiger partial charge < -0.3 is 4.74 Å². The van der Waals surface area contributed by atoms with E-state index in [0.717, 1.165) is 22.9 Å². The molecule has 1 saturated heterocycles. The van der Waals surface area contributed by atoms with Gasteiger partial charge in [0.2, 0.25) is 5.91 Å². The van der Waals surface area contributed by atoms with Gasteiger partial charge in [0.25, 0.3) is 5.24 Å². The van der Waals surface area contributed by atoms with E-state index in [1.165, 1.54) is 0 Å². The summed E-state index contributed by atoms with van der Waals surface area (Å²) in [5.74, 6) is 0.239. The third kappa shape index (κ3) is 3.80. The Bertz CT molecular complexity index is 782. The standard InChI is InChI=1S/C16H11Cl2NO3S/c17-11-4-5-13(12(18)7-11)22-8-9-2-1-3-10(6-9)14-15(20)19-16(21)23-14/h1-7,14H,8H2,(H,19,20,21). The molecule has 0 aromatic heterocycles. The van der Waals surface area contributed by atoms with Crippen molar-refractivity contribution in [2.75, 3.05) is 0 Å². The van der Waals surface area contributed by atoms with Crippen LogP contribution in [0.2, 0.25) is 10.0 Å². The smallest absolute Gasteiger partial charge is 0.286 e. The van der Waals surface area contributed by atoms with E-state index >= 15 is 0 Å². The maximum atomic E-state index is 11.7. The Morgan fingerprint density at radius 2 is 1.96 bits per heavy atom. The van der Waals surface area contributed by atoms with Gasteiger partial charge in [-0.2, -0.15) is 0 Å². The topological polar surface area (TPSA) is 55.4 Å². The average Bonchev–Trinajstić information content (AvgIpc) is 2.85. The summed E-state index contributed by atoms with van der Waals surface area (Å²) in [6.07, 6.45) is 0. The molecule has 1 aliphatic heterocycles. The lowest BCUT2D eigenvalue weighted by molar-refractivity contribution is -0.119. The Kier molecular flexibility index (Phi) is 4.80. The van der Waals surface area contributed by atoms with Crippen LogP contribution >= 0.6 is 35.0 Å². The highest BCUT2D eigenvalue weighted by molar-refractivity contribution is 8.15. The SMILES string of the molecule is O=C1NC(=O)C(c2cccc(COc3ccc(Cl)cc3Cl)c2)S1. The van der Waals surface area contributed by atoms with E-state index in [1.807, 2.05) is 24.3 Å². The third-order valence-electron chi connectivity index (χ3n) is 3.23. The number of amides is 2. The highest BCUT2D eigenvalue weighted by atomic mass is 35.5. The number of halogens is 2. The van der Waals surface area contributed by atoms with E-state index in [2.05, 4.69) is 5.32 Å². The molecule has 2 aromatic rings. The molecule has 4 nitrogen and oxygen atoms in total. The molecule has 3 rings (SSSR count). The first-order chi connectivity index (χ1) is 11.0. The second-order valence-corrected chi connectivity index (χ2v) is 6.80. The highest BCUT2D eigenvalue weighted by Gasteiger charge is 2.32. The predicted molar refractivity (Wildman–Crippen MR) is 91.1 cm³/mol. The second kappa shape index (κ2) is 6.83. The van der Waals surface area contributed by atoms with E-state index in [0.29, 0.717) is 22.4 Å². The van der Waals surface area contributed by atoms with Crippen molar-refractivity contribution in [3.05, 3.63) is 63.6 Å². The normalized spacial score (nSPS) is 17.2. The van der Waals surface area contributed by atoms with Gasteiger partial charge in [-0.25, -0.2) is 0 Å². The summed E-state index contributed by atoms with van der Waals surface area (Å²) in [4.78, 5) is 23.0. The molecule has 1 unspecified atom stereocenters. The van der Waals surface area contributed by atoms with Crippen molar-refractivity contribution in [1.82, 2.24) is 5.32 Å². The summed E-state index contributed by atoms with van der Waals surface area (Å²) in [5, 5.41) is 2.42. The maximum absolute atomic E-state index is 11.7. The summed E-state index contributed by atoms with van der Waals surface area (Å²) in [5.41, 5.74) is 1.64. The highest BCUT2D eigenvalue weighted by Crippen LogP contribution is 2.34. The van der Waals surface area contributed by atoms with Gasteiger partial charge in [-0.3, -0.25) is 14.9 Å². The molecule has 1 N–H and O–H groups in total. The first-order valence-electron chi connectivity index (χ1n) is 6.71. The molecule has 1 atom stereocenters. The van der Waals surface area contributed by atoms with Crippen LogP contribution in [0.1, 0.15) is 16.4 Å². The molecule has 2 amide bonds. The van der Waals surface area contributed by atoms with E-state index in [1.54, 1.807) is 18.2 Å². The quantitative estimate of drug-likeness (QED) is 0.857. The maximum Gasteiger partial charge on any atom is 0.286 e. The molecule has 0 radical (unpaired) electrons. The van der Waals surface area contributed by atoms with Crippen molar-refractivity contribution in [2.24, 2.45) is 0 Å². The lowest BCUT2D eigenvalue weighted by Crippen LogP contribution is -2.20. The molecule has 0 aliphatic carbocycles. The van der Waals surface area contributed by atoms with Gasteiger partial charge in [0, 0.05) is 5.02 Å². The fraction of sp³-hybridized carbons (Fsp3) is 0.125. The average molecular weight is 368 g/mol. The van der Waals surface area contributed by atoms with E-state index in [9.17, 15) is 9.59 Å². The van der Waals surface area contributed by atoms with Crippen LogP contribution in [0.15, 0.2) is 42.5 Å². The van der Waals surface area contributed by atoms with Gasteiger partial charge in [0.1, 0.15) is 17.6 Å². The molecule has 0 saturated carbocycles. The lowest BCUT2D eigenvalue weighted by atomic mass is 10.1. The van der Waals surface area contributed by atoms with Crippen LogP contribution in [0.4, 0.5) is 4.79 Å². The number of benzene rings is 2. The van der Waals surface area contributed by atoms with Gasteiger partial charge in [0.15, 0.2) is 0 Å². The number of nitrogens with one attached hydrogen (secondary N) is 1. The molecule has 1 heterocycles. The molecule has 23 heavy (non-hydrogen) atoms. The van der Waals surface area contributed by atoms with Crippen molar-refractivity contribution < 1.29 is 14.3 Å². The fourth-order valence-corrected chi connectivity index (χ4v) is 3.46. The summed E-state index contributed by atoms with van der Waals surface area (Å²) in [7, 11) is 0. The summed E-state index contributed by atoms with van der Waals surface area (Å²) in [6, 6.07) is 12.4. The molecule has 7 heteroatoms. The number of imide groups is 1. The van der Waals surface area contributed by atoms with Crippen molar-refractivity contribution >= 4 is 46.1 Å². The minimum absolute atomic E-state index is 0.293. The van der Waals surface area contributed by atoms with E-state index in [-0.39, 0.29) is 11.1 Å². The lowest BCUT2D eigenvalue weighted by Gasteiger charge is -2.11. The third-order valence-corrected chi connectivity index (χ3v) is 4.80. The zero-order valence-corrected chi connectivity index (χ0v) is 14.0. The Hall–Kier alpha value is -1.69. The molecular weight excluding hydrogens is 357 g/mol. The zero-order valence-electron chi connectivity index (χ0n) is 11.7. The summed E-state index contributed by atoms with van der Waals surface area (Å²) >= 11 is 12.9. The zero-order chi connectivity index (χ0) is 16.4. The largest absolute Gasteiger partial charge is 0.487 e. The summed E-state index contributed by atoms with van der Waals surface area (Å²) in [6.45, 7) is 0.294. The van der Waals surface area contributed by atoms with Crippen LogP contribution < -0.4 is 10.1 Å². The van der Waals surface area contributed by atoms with Gasteiger partial charge in [-0.05, 0) is 41.1 Å². The van der Waals surface area contributed by atoms with Crippen LogP contribution in [-0.4, -0.2) is 11.1 Å². The fourth-order valence-electron chi connectivity index (χ4n) is 2.17. The number of hydrogen-bond acceptors (Lipinski definition) is 4. The number of carbonyl (C=O) groups is 2. The van der Waals surface area contributed by atoms with Gasteiger partial charge in [-0.15, -0.1) is 0 Å². The minimum atomic E-state index is -0.512. The molecule has 1 fully saturated rings. The molecule has 0 spiro atoms. The monoisotopic (exact) mass is 367 g/mol. The van der Waals surface area contributed by atoms with Crippen molar-refractivity contribution in [3.8, 4) is 5.75 Å². The first-order valence-corrected chi connectivity index (χ1v) is 8.34. The van der Waals surface area contributed by atoms with Crippen LogP contribution in [-0.2, 0) is 11.4 Å². The Morgan fingerprint density at radius 1 is 1.13 bits per heavy atom. The predicted octanol–water partition coefficient (Wildman–Crippen LogP) is 4.60. The molecular formula is C16H11Cl2NO3S. The summed E-state index contributed by atoms with van der Waals surface area (Å²) < 4.78 is 5.68. The minimum Gasteiger partial charge on any atom is -0.487 e. The van der Waals surface area contributed by atoms with Crippen LogP contribution in [0.25, 0.3) is 0 Å². The van der Waals surface area contributed by atoms with Gasteiger partial charge in [-0.1, -0.05) is 47.5 Å². The Morgan fingerprint density at radius 3 is 2.65 bits per heavy atom. The number of hydrogen-bond donors (Lipinski definition) is 1. The number of carbonyl (C=O) groups excluding carboxylic acids is 2. The van der Waals surface area contributed by atoms with Crippen LogP contribution in [0.5, 0.6) is 5.75 Å².